The fraction of sp³-hybridized carbons (Fsp3) is 0.545. The minimum atomic E-state index is -0.541. The molecule has 0 unspecified atom stereocenters. The topological polar surface area (TPSA) is 55.8 Å². The van der Waals surface area contributed by atoms with Gasteiger partial charge in [0.25, 0.3) is 0 Å². The third-order valence-electron chi connectivity index (χ3n) is 6.56. The minimum Gasteiger partial charge on any atom is -0.348 e. The molecule has 0 radical (unpaired) electrons. The van der Waals surface area contributed by atoms with Gasteiger partial charge in [-0.2, -0.15) is 0 Å². The molecule has 1 amide bonds. The van der Waals surface area contributed by atoms with Crippen molar-refractivity contribution in [2.75, 3.05) is 13.2 Å². The van der Waals surface area contributed by atoms with Crippen LogP contribution < -0.4 is 0 Å². The molecule has 2 aliphatic heterocycles. The van der Waals surface area contributed by atoms with Crippen LogP contribution in [0.1, 0.15) is 38.2 Å². The van der Waals surface area contributed by atoms with Gasteiger partial charge in [0.05, 0.1) is 13.2 Å². The number of nitrogens with zero attached hydrogens (tertiary/aromatic N) is 1. The first-order chi connectivity index (χ1) is 13.1. The highest BCUT2D eigenvalue weighted by Gasteiger charge is 2.62. The summed E-state index contributed by atoms with van der Waals surface area (Å²) in [5.41, 5.74) is 0.910. The normalized spacial score (nSPS) is 32.3. The Morgan fingerprint density at radius 3 is 2.67 bits per heavy atom. The summed E-state index contributed by atoms with van der Waals surface area (Å²) in [5.74, 6) is -0.523. The van der Waals surface area contributed by atoms with Crippen LogP contribution in [0.25, 0.3) is 0 Å². The van der Waals surface area contributed by atoms with Crippen molar-refractivity contribution in [3.8, 4) is 0 Å². The van der Waals surface area contributed by atoms with Crippen molar-refractivity contribution < 1.29 is 19.1 Å². The number of ether oxygens (including phenoxy) is 2. The molecule has 1 spiro atoms. The second-order valence-electron chi connectivity index (χ2n) is 8.15. The SMILES string of the molecule is C[C@]12CC3(CC[C@H]1N(Cc1ccccc1)C(=O)[C@H]2C/C=C/C=O)OCCO3. The number of aldehydes is 1. The highest BCUT2D eigenvalue weighted by atomic mass is 16.7. The predicted molar refractivity (Wildman–Crippen MR) is 101 cm³/mol. The summed E-state index contributed by atoms with van der Waals surface area (Å²) in [5, 5.41) is 0. The molecular formula is C22H27NO4. The molecule has 27 heavy (non-hydrogen) atoms. The van der Waals surface area contributed by atoms with Gasteiger partial charge in [-0.3, -0.25) is 9.59 Å². The summed E-state index contributed by atoms with van der Waals surface area (Å²) in [6.07, 6.45) is 7.08. The van der Waals surface area contributed by atoms with Gasteiger partial charge in [0.1, 0.15) is 6.29 Å². The first kappa shape index (κ1) is 18.4. The van der Waals surface area contributed by atoms with Crippen molar-refractivity contribution in [2.24, 2.45) is 11.3 Å². The van der Waals surface area contributed by atoms with E-state index in [9.17, 15) is 9.59 Å². The van der Waals surface area contributed by atoms with Crippen LogP contribution in [-0.2, 0) is 25.6 Å². The molecule has 2 saturated heterocycles. The van der Waals surface area contributed by atoms with Crippen molar-refractivity contribution in [1.29, 1.82) is 0 Å². The molecule has 1 aliphatic carbocycles. The van der Waals surface area contributed by atoms with Crippen LogP contribution in [0, 0.1) is 11.3 Å². The van der Waals surface area contributed by atoms with Gasteiger partial charge < -0.3 is 14.4 Å². The third kappa shape index (κ3) is 3.23. The summed E-state index contributed by atoms with van der Waals surface area (Å²) in [6.45, 7) is 4.07. The largest absolute Gasteiger partial charge is 0.348 e. The molecule has 3 fully saturated rings. The molecule has 0 N–H and O–H groups in total. The molecule has 2 heterocycles. The molecule has 3 aliphatic rings. The van der Waals surface area contributed by atoms with Crippen molar-refractivity contribution >= 4 is 12.2 Å². The van der Waals surface area contributed by atoms with Crippen molar-refractivity contribution in [3.05, 3.63) is 48.0 Å². The Kier molecular flexibility index (Phi) is 4.91. The lowest BCUT2D eigenvalue weighted by Crippen LogP contribution is -2.51. The van der Waals surface area contributed by atoms with Crippen LogP contribution in [0.4, 0.5) is 0 Å². The molecule has 0 aromatic heterocycles. The average molecular weight is 369 g/mol. The third-order valence-corrected chi connectivity index (χ3v) is 6.56. The molecule has 144 valence electrons. The van der Waals surface area contributed by atoms with E-state index in [0.29, 0.717) is 26.2 Å². The number of fused-ring (bicyclic) bond motifs is 1. The van der Waals surface area contributed by atoms with Gasteiger partial charge in [0.15, 0.2) is 5.79 Å². The van der Waals surface area contributed by atoms with Crippen LogP contribution in [0.15, 0.2) is 42.5 Å². The zero-order chi connectivity index (χ0) is 18.9. The highest BCUT2D eigenvalue weighted by Crippen LogP contribution is 2.56. The Hall–Kier alpha value is -1.98. The van der Waals surface area contributed by atoms with Crippen molar-refractivity contribution in [2.45, 2.75) is 51.0 Å². The van der Waals surface area contributed by atoms with Gasteiger partial charge in [-0.1, -0.05) is 43.3 Å². The van der Waals surface area contributed by atoms with Gasteiger partial charge >= 0.3 is 0 Å². The first-order valence-corrected chi connectivity index (χ1v) is 9.81. The Labute approximate surface area is 160 Å². The summed E-state index contributed by atoms with van der Waals surface area (Å²) < 4.78 is 12.0. The number of carbonyl (C=O) groups is 2. The van der Waals surface area contributed by atoms with Crippen LogP contribution >= 0.6 is 0 Å². The predicted octanol–water partition coefficient (Wildman–Crippen LogP) is 3.09. The van der Waals surface area contributed by atoms with Crippen LogP contribution in [-0.4, -0.2) is 42.1 Å². The van der Waals surface area contributed by atoms with E-state index < -0.39 is 5.79 Å². The Balaban J connectivity index is 1.64. The maximum atomic E-state index is 13.4. The van der Waals surface area contributed by atoms with E-state index in [1.54, 1.807) is 0 Å². The maximum absolute atomic E-state index is 13.4. The fourth-order valence-electron chi connectivity index (χ4n) is 5.33. The Morgan fingerprint density at radius 2 is 1.96 bits per heavy atom. The summed E-state index contributed by atoms with van der Waals surface area (Å²) in [6, 6.07) is 10.3. The van der Waals surface area contributed by atoms with Crippen molar-refractivity contribution in [3.63, 3.8) is 0 Å². The number of hydrogen-bond donors (Lipinski definition) is 0. The second-order valence-corrected chi connectivity index (χ2v) is 8.15. The van der Waals surface area contributed by atoms with Crippen LogP contribution in [0.5, 0.6) is 0 Å². The number of benzene rings is 1. The van der Waals surface area contributed by atoms with Gasteiger partial charge in [0.2, 0.25) is 5.91 Å². The van der Waals surface area contributed by atoms with E-state index in [4.69, 9.17) is 9.47 Å². The number of amides is 1. The number of carbonyl (C=O) groups excluding carboxylic acids is 2. The van der Waals surface area contributed by atoms with Crippen LogP contribution in [0.3, 0.4) is 0 Å². The molecular weight excluding hydrogens is 342 g/mol. The molecule has 1 aromatic rings. The van der Waals surface area contributed by atoms with E-state index in [1.165, 1.54) is 6.08 Å². The molecule has 1 saturated carbocycles. The van der Waals surface area contributed by atoms with E-state index in [0.717, 1.165) is 31.1 Å². The van der Waals surface area contributed by atoms with E-state index in [1.807, 2.05) is 24.3 Å². The van der Waals surface area contributed by atoms with E-state index >= 15 is 0 Å². The zero-order valence-electron chi connectivity index (χ0n) is 15.8. The molecule has 0 bridgehead atoms. The first-order valence-electron chi connectivity index (χ1n) is 9.81. The molecule has 5 nitrogen and oxygen atoms in total. The summed E-state index contributed by atoms with van der Waals surface area (Å²) in [4.78, 5) is 26.2. The molecule has 3 atom stereocenters. The smallest absolute Gasteiger partial charge is 0.227 e. The number of rotatable bonds is 5. The average Bonchev–Trinajstić information content (AvgIpc) is 3.19. The zero-order valence-corrected chi connectivity index (χ0v) is 15.8. The maximum Gasteiger partial charge on any atom is 0.227 e. The standard InChI is InChI=1S/C22H27NO4/c1-21-16-22(26-13-14-27-22)11-10-19(21)23(15-17-7-3-2-4-8-17)20(25)18(21)9-5-6-12-24/h2-8,12,18-19H,9-11,13-16H2,1H3/b6-5+/t18-,19-,21-/m1/s1. The van der Waals surface area contributed by atoms with Gasteiger partial charge in [0, 0.05) is 36.8 Å². The Morgan fingerprint density at radius 1 is 1.22 bits per heavy atom. The van der Waals surface area contributed by atoms with E-state index in [2.05, 4.69) is 24.0 Å². The van der Waals surface area contributed by atoms with E-state index in [-0.39, 0.29) is 23.3 Å². The minimum absolute atomic E-state index is 0.160. The van der Waals surface area contributed by atoms with Crippen molar-refractivity contribution in [1.82, 2.24) is 4.90 Å². The van der Waals surface area contributed by atoms with Gasteiger partial charge in [-0.15, -0.1) is 0 Å². The monoisotopic (exact) mass is 369 g/mol. The van der Waals surface area contributed by atoms with Gasteiger partial charge in [-0.05, 0) is 24.5 Å². The second kappa shape index (κ2) is 7.21. The summed E-state index contributed by atoms with van der Waals surface area (Å²) in [7, 11) is 0. The molecule has 5 heteroatoms. The van der Waals surface area contributed by atoms with Gasteiger partial charge in [-0.25, -0.2) is 0 Å². The lowest BCUT2D eigenvalue weighted by molar-refractivity contribution is -0.209. The molecule has 1 aromatic carbocycles. The van der Waals surface area contributed by atoms with Crippen LogP contribution in [0.2, 0.25) is 0 Å². The number of likely N-dealkylation sites (tertiary alicyclic amines) is 1. The Bertz CT molecular complexity index is 725. The number of allylic oxidation sites excluding steroid dienone is 2. The number of hydrogen-bond acceptors (Lipinski definition) is 4. The lowest BCUT2D eigenvalue weighted by Gasteiger charge is -2.47. The fourth-order valence-corrected chi connectivity index (χ4v) is 5.33. The highest BCUT2D eigenvalue weighted by molar-refractivity contribution is 5.83. The molecule has 4 rings (SSSR count). The summed E-state index contributed by atoms with van der Waals surface area (Å²) >= 11 is 0. The lowest BCUT2D eigenvalue weighted by atomic mass is 9.64. The quantitative estimate of drug-likeness (QED) is 0.591.